The van der Waals surface area contributed by atoms with Gasteiger partial charge in [-0.3, -0.25) is 4.79 Å². The van der Waals surface area contributed by atoms with Crippen LogP contribution in [0.5, 0.6) is 5.75 Å². The van der Waals surface area contributed by atoms with E-state index in [4.69, 9.17) is 14.2 Å². The van der Waals surface area contributed by atoms with E-state index in [0.717, 1.165) is 5.56 Å². The van der Waals surface area contributed by atoms with Gasteiger partial charge in [0.2, 0.25) is 12.2 Å². The largest absolute Gasteiger partial charge is 0.462 e. The molecule has 36 heavy (non-hydrogen) atoms. The minimum atomic E-state index is -1.39. The van der Waals surface area contributed by atoms with E-state index < -0.39 is 30.2 Å². The molecule has 0 radical (unpaired) electrons. The third-order valence-corrected chi connectivity index (χ3v) is 6.28. The molecule has 194 valence electrons. The predicted molar refractivity (Wildman–Crippen MR) is 135 cm³/mol. The first kappa shape index (κ1) is 27.5. The number of carbonyl (C=O) groups is 1. The second-order valence-corrected chi connectivity index (χ2v) is 8.85. The van der Waals surface area contributed by atoms with Crippen molar-refractivity contribution in [3.05, 3.63) is 79.2 Å². The van der Waals surface area contributed by atoms with Crippen molar-refractivity contribution in [1.29, 1.82) is 0 Å². The number of amides is 1. The molecule has 1 aliphatic heterocycles. The number of hydrogen-bond donors (Lipinski definition) is 3. The van der Waals surface area contributed by atoms with Gasteiger partial charge in [-0.05, 0) is 60.2 Å². The van der Waals surface area contributed by atoms with Gasteiger partial charge in [0.25, 0.3) is 0 Å². The zero-order chi connectivity index (χ0) is 26.3. The molecule has 0 spiro atoms. The van der Waals surface area contributed by atoms with E-state index in [9.17, 15) is 19.4 Å². The number of aliphatic hydroxyl groups excluding tert-OH is 2. The molecular weight excluding hydrogens is 465 g/mol. The quantitative estimate of drug-likeness (QED) is 0.410. The summed E-state index contributed by atoms with van der Waals surface area (Å²) in [4.78, 5) is 11.3. The molecule has 1 fully saturated rings. The highest BCUT2D eigenvalue weighted by Crippen LogP contribution is 2.39. The molecule has 2 aromatic carbocycles. The van der Waals surface area contributed by atoms with Crippen LogP contribution in [0.3, 0.4) is 0 Å². The first-order valence-electron chi connectivity index (χ1n) is 11.8. The summed E-state index contributed by atoms with van der Waals surface area (Å²) < 4.78 is 31.8. The fourth-order valence-corrected chi connectivity index (χ4v) is 4.65. The number of methoxy groups -OCH3 is 1. The van der Waals surface area contributed by atoms with Crippen LogP contribution in [0, 0.1) is 5.82 Å². The lowest BCUT2D eigenvalue weighted by Crippen LogP contribution is -2.65. The molecular formula is C28H34FNO6. The fraction of sp³-hybridized carbons (Fsp3) is 0.393. The van der Waals surface area contributed by atoms with E-state index in [1.165, 1.54) is 26.2 Å². The molecule has 0 aromatic heterocycles. The number of aliphatic hydroxyl groups is 2. The lowest BCUT2D eigenvalue weighted by Gasteiger charge is -2.49. The fourth-order valence-electron chi connectivity index (χ4n) is 4.65. The first-order chi connectivity index (χ1) is 17.2. The van der Waals surface area contributed by atoms with Crippen molar-refractivity contribution >= 4 is 5.91 Å². The van der Waals surface area contributed by atoms with E-state index in [0.29, 0.717) is 42.7 Å². The SMILES string of the molecule is C=CCC1(CC=C)O[C@H](Oc2ccc(CCNC(C)=O)c(-c3cccc(F)c3)c2)[C@H](O)[C@H](O)[C@H]1OC. The van der Waals surface area contributed by atoms with Gasteiger partial charge in [-0.1, -0.05) is 30.4 Å². The molecule has 8 heteroatoms. The minimum Gasteiger partial charge on any atom is -0.462 e. The van der Waals surface area contributed by atoms with Crippen LogP contribution in [0.1, 0.15) is 25.3 Å². The Morgan fingerprint density at radius 2 is 1.89 bits per heavy atom. The monoisotopic (exact) mass is 499 g/mol. The summed E-state index contributed by atoms with van der Waals surface area (Å²) in [6.07, 6.45) is -0.228. The van der Waals surface area contributed by atoms with E-state index in [1.54, 1.807) is 36.4 Å². The molecule has 3 N–H and O–H groups in total. The van der Waals surface area contributed by atoms with E-state index in [2.05, 4.69) is 18.5 Å². The molecule has 2 aromatic rings. The third-order valence-electron chi connectivity index (χ3n) is 6.28. The summed E-state index contributed by atoms with van der Waals surface area (Å²) in [5.41, 5.74) is 1.18. The van der Waals surface area contributed by atoms with Gasteiger partial charge in [0.1, 0.15) is 35.5 Å². The average Bonchev–Trinajstić information content (AvgIpc) is 2.83. The molecule has 1 heterocycles. The number of carbonyl (C=O) groups excluding carboxylic acids is 1. The molecule has 4 atom stereocenters. The van der Waals surface area contributed by atoms with E-state index in [1.807, 2.05) is 6.07 Å². The maximum Gasteiger partial charge on any atom is 0.229 e. The van der Waals surface area contributed by atoms with Crippen LogP contribution in [0.15, 0.2) is 67.8 Å². The van der Waals surface area contributed by atoms with Crippen LogP contribution in [0.2, 0.25) is 0 Å². The number of ether oxygens (including phenoxy) is 3. The zero-order valence-electron chi connectivity index (χ0n) is 20.7. The van der Waals surface area contributed by atoms with Gasteiger partial charge in [0, 0.05) is 20.6 Å². The van der Waals surface area contributed by atoms with Crippen molar-refractivity contribution in [1.82, 2.24) is 5.32 Å². The van der Waals surface area contributed by atoms with Crippen molar-refractivity contribution in [3.63, 3.8) is 0 Å². The molecule has 0 saturated carbocycles. The van der Waals surface area contributed by atoms with Gasteiger partial charge < -0.3 is 29.7 Å². The van der Waals surface area contributed by atoms with Gasteiger partial charge in [0.15, 0.2) is 0 Å². The van der Waals surface area contributed by atoms with E-state index in [-0.39, 0.29) is 11.7 Å². The molecule has 1 aliphatic rings. The molecule has 0 bridgehead atoms. The second-order valence-electron chi connectivity index (χ2n) is 8.85. The van der Waals surface area contributed by atoms with Crippen molar-refractivity contribution in [2.75, 3.05) is 13.7 Å². The standard InChI is InChI=1S/C28H34FNO6/c1-5-13-28(14-6-2)26(34-4)24(32)25(33)27(36-28)35-22-11-10-19(12-15-30-18(3)31)23(17-22)20-8-7-9-21(29)16-20/h5-11,16-17,24-27,32-33H,1-2,12-15H2,3-4H3,(H,30,31)/t24-,25+,26+,27-/m0/s1. The molecule has 3 rings (SSSR count). The summed E-state index contributed by atoms with van der Waals surface area (Å²) in [7, 11) is 1.44. The smallest absolute Gasteiger partial charge is 0.229 e. The summed E-state index contributed by atoms with van der Waals surface area (Å²) in [5, 5.41) is 24.4. The van der Waals surface area contributed by atoms with E-state index >= 15 is 0 Å². The lowest BCUT2D eigenvalue weighted by molar-refractivity contribution is -0.314. The van der Waals surface area contributed by atoms with Crippen LogP contribution in [-0.2, 0) is 20.7 Å². The van der Waals surface area contributed by atoms with Gasteiger partial charge in [0.05, 0.1) is 0 Å². The van der Waals surface area contributed by atoms with Gasteiger partial charge >= 0.3 is 0 Å². The third kappa shape index (κ3) is 6.20. The normalized spacial score (nSPS) is 23.0. The lowest BCUT2D eigenvalue weighted by atomic mass is 9.81. The number of benzene rings is 2. The average molecular weight is 500 g/mol. The van der Waals surface area contributed by atoms with Crippen molar-refractivity contribution in [2.45, 2.75) is 56.4 Å². The summed E-state index contributed by atoms with van der Waals surface area (Å²) in [6, 6.07) is 11.4. The Morgan fingerprint density at radius 1 is 1.17 bits per heavy atom. The Balaban J connectivity index is 1.95. The molecule has 0 unspecified atom stereocenters. The Hall–Kier alpha value is -3.04. The van der Waals surface area contributed by atoms with Crippen molar-refractivity contribution < 1.29 is 33.6 Å². The Labute approximate surface area is 211 Å². The molecule has 7 nitrogen and oxygen atoms in total. The highest BCUT2D eigenvalue weighted by Gasteiger charge is 2.54. The minimum absolute atomic E-state index is 0.138. The van der Waals surface area contributed by atoms with Crippen LogP contribution in [-0.4, -0.2) is 60.0 Å². The Kier molecular flexibility index (Phi) is 9.39. The molecule has 1 amide bonds. The maximum atomic E-state index is 14.0. The maximum absolute atomic E-state index is 14.0. The van der Waals surface area contributed by atoms with Gasteiger partial charge in [-0.15, -0.1) is 13.2 Å². The number of rotatable bonds is 11. The molecule has 1 saturated heterocycles. The Morgan fingerprint density at radius 3 is 2.50 bits per heavy atom. The number of halogens is 1. The second kappa shape index (κ2) is 12.3. The van der Waals surface area contributed by atoms with Crippen LogP contribution >= 0.6 is 0 Å². The highest BCUT2D eigenvalue weighted by atomic mass is 19.1. The number of hydrogen-bond acceptors (Lipinski definition) is 6. The predicted octanol–water partition coefficient (Wildman–Crippen LogP) is 3.53. The topological polar surface area (TPSA) is 97.3 Å². The highest BCUT2D eigenvalue weighted by molar-refractivity contribution is 5.73. The van der Waals surface area contributed by atoms with Gasteiger partial charge in [-0.25, -0.2) is 4.39 Å². The van der Waals surface area contributed by atoms with Crippen LogP contribution in [0.4, 0.5) is 4.39 Å². The molecule has 0 aliphatic carbocycles. The summed E-state index contributed by atoms with van der Waals surface area (Å²) in [6.45, 7) is 9.44. The summed E-state index contributed by atoms with van der Waals surface area (Å²) in [5.74, 6) is -0.165. The first-order valence-corrected chi connectivity index (χ1v) is 11.8. The number of nitrogens with one attached hydrogen (secondary N) is 1. The van der Waals surface area contributed by atoms with Crippen molar-refractivity contribution in [3.8, 4) is 16.9 Å². The Bertz CT molecular complexity index is 1060. The van der Waals surface area contributed by atoms with Crippen molar-refractivity contribution in [2.24, 2.45) is 0 Å². The zero-order valence-corrected chi connectivity index (χ0v) is 20.7. The van der Waals surface area contributed by atoms with Crippen LogP contribution < -0.4 is 10.1 Å². The van der Waals surface area contributed by atoms with Crippen LogP contribution in [0.25, 0.3) is 11.1 Å². The van der Waals surface area contributed by atoms with Gasteiger partial charge in [-0.2, -0.15) is 0 Å². The summed E-state index contributed by atoms with van der Waals surface area (Å²) >= 11 is 0.